The van der Waals surface area contributed by atoms with Crippen LogP contribution >= 0.6 is 0 Å². The van der Waals surface area contributed by atoms with Gasteiger partial charge in [-0.2, -0.15) is 0 Å². The molecule has 0 saturated heterocycles. The van der Waals surface area contributed by atoms with Gasteiger partial charge in [-0.15, -0.1) is 0 Å². The minimum absolute atomic E-state index is 0.187. The lowest BCUT2D eigenvalue weighted by Gasteiger charge is -2.25. The van der Waals surface area contributed by atoms with Crippen molar-refractivity contribution in [2.75, 3.05) is 0 Å². The van der Waals surface area contributed by atoms with Crippen molar-refractivity contribution in [3.8, 4) is 0 Å². The van der Waals surface area contributed by atoms with Crippen molar-refractivity contribution in [1.82, 2.24) is 0 Å². The molecule has 0 aromatic carbocycles. The van der Waals surface area contributed by atoms with E-state index in [0.717, 1.165) is 23.3 Å². The monoisotopic (exact) mass is 132 g/mol. The second kappa shape index (κ2) is 3.25. The lowest BCUT2D eigenvalue weighted by molar-refractivity contribution is 0.0924. The van der Waals surface area contributed by atoms with Crippen LogP contribution in [0.3, 0.4) is 0 Å². The van der Waals surface area contributed by atoms with Crippen LogP contribution in [0.25, 0.3) is 0 Å². The predicted molar refractivity (Wildman–Crippen MR) is 40.0 cm³/mol. The van der Waals surface area contributed by atoms with E-state index < -0.39 is 0 Å². The van der Waals surface area contributed by atoms with Crippen molar-refractivity contribution < 1.29 is 4.43 Å². The van der Waals surface area contributed by atoms with Crippen LogP contribution in [0.5, 0.6) is 0 Å². The van der Waals surface area contributed by atoms with Gasteiger partial charge in [0.05, 0.1) is 5.60 Å². The third kappa shape index (κ3) is 1.97. The summed E-state index contributed by atoms with van der Waals surface area (Å²) in [6, 6.07) is 0. The van der Waals surface area contributed by atoms with Gasteiger partial charge in [-0.1, -0.05) is 13.8 Å². The number of hydrogen-bond acceptors (Lipinski definition) is 1. The van der Waals surface area contributed by atoms with Crippen molar-refractivity contribution >= 4 is 10.5 Å². The molecular weight excluding hydrogens is 116 g/mol. The molecule has 0 aromatic heterocycles. The molecule has 0 aliphatic heterocycles. The SMILES string of the molecule is CCC(C)(CC)O[SiH3]. The zero-order valence-electron chi connectivity index (χ0n) is 6.32. The maximum absolute atomic E-state index is 5.38. The fourth-order valence-electron chi connectivity index (χ4n) is 0.539. The zero-order valence-corrected chi connectivity index (χ0v) is 8.32. The van der Waals surface area contributed by atoms with Crippen LogP contribution in [-0.2, 0) is 4.43 Å². The highest BCUT2D eigenvalue weighted by atomic mass is 28.2. The first-order valence-corrected chi connectivity index (χ1v) is 4.05. The summed E-state index contributed by atoms with van der Waals surface area (Å²) in [6.45, 7) is 6.50. The van der Waals surface area contributed by atoms with Gasteiger partial charge >= 0.3 is 0 Å². The molecule has 0 amide bonds. The molecular formula is C6H16OSi. The van der Waals surface area contributed by atoms with E-state index in [1.165, 1.54) is 0 Å². The van der Waals surface area contributed by atoms with E-state index in [9.17, 15) is 0 Å². The van der Waals surface area contributed by atoms with E-state index in [1.807, 2.05) is 0 Å². The van der Waals surface area contributed by atoms with E-state index in [-0.39, 0.29) is 5.60 Å². The van der Waals surface area contributed by atoms with Gasteiger partial charge in [0.1, 0.15) is 10.5 Å². The summed E-state index contributed by atoms with van der Waals surface area (Å²) in [7, 11) is 0.866. The van der Waals surface area contributed by atoms with Crippen molar-refractivity contribution in [3.05, 3.63) is 0 Å². The summed E-state index contributed by atoms with van der Waals surface area (Å²) in [5.41, 5.74) is 0.187. The second-order valence-corrected chi connectivity index (χ2v) is 2.77. The molecule has 0 aliphatic rings. The van der Waals surface area contributed by atoms with E-state index >= 15 is 0 Å². The fourth-order valence-corrected chi connectivity index (χ4v) is 1.12. The van der Waals surface area contributed by atoms with Crippen molar-refractivity contribution in [3.63, 3.8) is 0 Å². The highest BCUT2D eigenvalue weighted by molar-refractivity contribution is 5.98. The number of rotatable bonds is 3. The van der Waals surface area contributed by atoms with Gasteiger partial charge in [0.15, 0.2) is 0 Å². The smallest absolute Gasteiger partial charge is 0.146 e. The molecule has 0 unspecified atom stereocenters. The first-order valence-electron chi connectivity index (χ1n) is 3.23. The normalized spacial score (nSPS) is 12.4. The van der Waals surface area contributed by atoms with Crippen LogP contribution < -0.4 is 0 Å². The second-order valence-electron chi connectivity index (χ2n) is 2.36. The van der Waals surface area contributed by atoms with Crippen molar-refractivity contribution in [1.29, 1.82) is 0 Å². The maximum Gasteiger partial charge on any atom is 0.146 e. The Morgan fingerprint density at radius 1 is 1.38 bits per heavy atom. The molecule has 0 aliphatic carbocycles. The molecule has 0 N–H and O–H groups in total. The van der Waals surface area contributed by atoms with Crippen molar-refractivity contribution in [2.45, 2.75) is 39.2 Å². The Morgan fingerprint density at radius 3 is 1.75 bits per heavy atom. The summed E-state index contributed by atoms with van der Waals surface area (Å²) in [6.07, 6.45) is 2.26. The Labute approximate surface area is 55.0 Å². The minimum atomic E-state index is 0.187. The molecule has 0 saturated carbocycles. The molecule has 50 valence electrons. The van der Waals surface area contributed by atoms with Gasteiger partial charge < -0.3 is 4.43 Å². The lowest BCUT2D eigenvalue weighted by atomic mass is 10.0. The molecule has 0 spiro atoms. The van der Waals surface area contributed by atoms with Gasteiger partial charge in [-0.25, -0.2) is 0 Å². The van der Waals surface area contributed by atoms with Crippen molar-refractivity contribution in [2.24, 2.45) is 0 Å². The van der Waals surface area contributed by atoms with Crippen LogP contribution in [0.2, 0.25) is 0 Å². The molecule has 0 fully saturated rings. The minimum Gasteiger partial charge on any atom is -0.423 e. The van der Waals surface area contributed by atoms with E-state index in [0.29, 0.717) is 0 Å². The molecule has 0 atom stereocenters. The van der Waals surface area contributed by atoms with Gasteiger partial charge in [-0.05, 0) is 19.8 Å². The average molecular weight is 132 g/mol. The van der Waals surface area contributed by atoms with E-state index in [4.69, 9.17) is 4.43 Å². The molecule has 1 nitrogen and oxygen atoms in total. The Morgan fingerprint density at radius 2 is 1.75 bits per heavy atom. The van der Waals surface area contributed by atoms with Crippen LogP contribution in [0.4, 0.5) is 0 Å². The third-order valence-corrected chi connectivity index (χ3v) is 2.97. The summed E-state index contributed by atoms with van der Waals surface area (Å²) in [5, 5.41) is 0. The first-order chi connectivity index (χ1) is 3.68. The van der Waals surface area contributed by atoms with E-state index in [1.54, 1.807) is 0 Å². The van der Waals surface area contributed by atoms with Crippen LogP contribution in [-0.4, -0.2) is 16.1 Å². The van der Waals surface area contributed by atoms with Gasteiger partial charge in [0.25, 0.3) is 0 Å². The molecule has 0 heterocycles. The predicted octanol–water partition coefficient (Wildman–Crippen LogP) is 0.862. The summed E-state index contributed by atoms with van der Waals surface area (Å²) in [5.74, 6) is 0. The molecule has 0 aromatic rings. The third-order valence-electron chi connectivity index (χ3n) is 1.99. The Hall–Kier alpha value is 0.177. The maximum atomic E-state index is 5.38. The Balaban J connectivity index is 3.58. The molecule has 2 heteroatoms. The lowest BCUT2D eigenvalue weighted by Crippen LogP contribution is -2.25. The van der Waals surface area contributed by atoms with Crippen LogP contribution in [0.1, 0.15) is 33.6 Å². The summed E-state index contributed by atoms with van der Waals surface area (Å²) < 4.78 is 5.38. The first kappa shape index (κ1) is 8.18. The Bertz CT molecular complexity index is 51.3. The standard InChI is InChI=1S/C6H16OSi/c1-4-6(3,5-2)7-8/h4-5H2,1-3,8H3. The number of hydrogen-bond donors (Lipinski definition) is 0. The van der Waals surface area contributed by atoms with Gasteiger partial charge in [-0.3, -0.25) is 0 Å². The Kier molecular flexibility index (Phi) is 3.32. The molecule has 0 rings (SSSR count). The summed E-state index contributed by atoms with van der Waals surface area (Å²) >= 11 is 0. The quantitative estimate of drug-likeness (QED) is 0.518. The average Bonchev–Trinajstić information content (AvgIpc) is 1.87. The molecule has 0 bridgehead atoms. The molecule has 0 radical (unpaired) electrons. The van der Waals surface area contributed by atoms with Gasteiger partial charge in [0.2, 0.25) is 0 Å². The fraction of sp³-hybridized carbons (Fsp3) is 1.00. The summed E-state index contributed by atoms with van der Waals surface area (Å²) in [4.78, 5) is 0. The highest BCUT2D eigenvalue weighted by Crippen LogP contribution is 2.16. The molecule has 8 heavy (non-hydrogen) atoms. The van der Waals surface area contributed by atoms with Gasteiger partial charge in [0, 0.05) is 0 Å². The van der Waals surface area contributed by atoms with Crippen LogP contribution in [0.15, 0.2) is 0 Å². The van der Waals surface area contributed by atoms with Crippen LogP contribution in [0, 0.1) is 0 Å². The van der Waals surface area contributed by atoms with E-state index in [2.05, 4.69) is 20.8 Å². The highest BCUT2D eigenvalue weighted by Gasteiger charge is 2.15. The zero-order chi connectivity index (χ0) is 6.62. The topological polar surface area (TPSA) is 9.23 Å². The largest absolute Gasteiger partial charge is 0.423 e.